The Morgan fingerprint density at radius 1 is 0.429 bits per heavy atom. The Bertz CT molecular complexity index is 2270. The van der Waals surface area contributed by atoms with Gasteiger partial charge in [0.15, 0.2) is 7.14 Å². The number of nitrogens with zero attached hydrogens (tertiary/aromatic N) is 1. The highest BCUT2D eigenvalue weighted by Crippen LogP contribution is 2.44. The van der Waals surface area contributed by atoms with E-state index in [2.05, 4.69) is 84.9 Å². The quantitative estimate of drug-likeness (QED) is 0.123. The third-order valence-electron chi connectivity index (χ3n) is 8.36. The first-order valence-corrected chi connectivity index (χ1v) is 15.9. The van der Waals surface area contributed by atoms with Crippen molar-refractivity contribution >= 4 is 66.1 Å². The molecule has 2 nitrogen and oxygen atoms in total. The molecule has 0 saturated heterocycles. The van der Waals surface area contributed by atoms with Gasteiger partial charge in [-0.05, 0) is 61.3 Å². The van der Waals surface area contributed by atoms with Crippen molar-refractivity contribution in [3.8, 4) is 11.3 Å². The molecule has 0 N–H and O–H groups in total. The molecule has 0 radical (unpaired) electrons. The Hall–Kier alpha value is -5.04. The van der Waals surface area contributed by atoms with Crippen molar-refractivity contribution in [2.24, 2.45) is 0 Å². The fourth-order valence-corrected chi connectivity index (χ4v) is 8.94. The summed E-state index contributed by atoms with van der Waals surface area (Å²) in [4.78, 5) is 5.08. The van der Waals surface area contributed by atoms with Crippen LogP contribution >= 0.6 is 7.14 Å². The Morgan fingerprint density at radius 3 is 1.67 bits per heavy atom. The minimum atomic E-state index is -3.12. The first-order chi connectivity index (χ1) is 20.7. The van der Waals surface area contributed by atoms with Gasteiger partial charge in [-0.15, -0.1) is 0 Å². The summed E-state index contributed by atoms with van der Waals surface area (Å²) in [7, 11) is -3.12. The molecular formula is C39H26NOP. The molecular weight excluding hydrogens is 529 g/mol. The van der Waals surface area contributed by atoms with E-state index in [4.69, 9.17) is 4.98 Å². The van der Waals surface area contributed by atoms with Crippen LogP contribution in [-0.4, -0.2) is 4.98 Å². The molecule has 42 heavy (non-hydrogen) atoms. The molecule has 0 unspecified atom stereocenters. The number of hydrogen-bond acceptors (Lipinski definition) is 2. The zero-order chi connectivity index (χ0) is 28.1. The number of fused-ring (bicyclic) bond motifs is 6. The van der Waals surface area contributed by atoms with Crippen LogP contribution in [0, 0.1) is 0 Å². The fraction of sp³-hybridized carbons (Fsp3) is 0. The minimum Gasteiger partial charge on any atom is -0.309 e. The second-order valence-corrected chi connectivity index (χ2v) is 13.5. The molecule has 0 amide bonds. The number of rotatable bonds is 4. The van der Waals surface area contributed by atoms with Crippen molar-refractivity contribution in [2.75, 3.05) is 0 Å². The first kappa shape index (κ1) is 24.7. The lowest BCUT2D eigenvalue weighted by atomic mass is 9.89. The summed E-state index contributed by atoms with van der Waals surface area (Å²) in [5.41, 5.74) is 1.97. The predicted molar refractivity (Wildman–Crippen MR) is 179 cm³/mol. The molecule has 0 atom stereocenters. The maximum Gasteiger partial charge on any atom is 0.172 e. The van der Waals surface area contributed by atoms with Gasteiger partial charge in [-0.25, -0.2) is 0 Å². The Kier molecular flexibility index (Phi) is 5.77. The van der Waals surface area contributed by atoms with Crippen LogP contribution in [-0.2, 0) is 4.57 Å². The molecule has 0 aliphatic heterocycles. The number of hydrogen-bond donors (Lipinski definition) is 0. The highest BCUT2D eigenvalue weighted by atomic mass is 31.2. The van der Waals surface area contributed by atoms with Gasteiger partial charge in [0.1, 0.15) is 0 Å². The first-order valence-electron chi connectivity index (χ1n) is 14.2. The van der Waals surface area contributed by atoms with Gasteiger partial charge in [0.05, 0.1) is 5.69 Å². The Balaban J connectivity index is 1.42. The molecule has 8 aromatic rings. The van der Waals surface area contributed by atoms with Crippen molar-refractivity contribution in [2.45, 2.75) is 0 Å². The van der Waals surface area contributed by atoms with Gasteiger partial charge < -0.3 is 4.57 Å². The molecule has 0 aliphatic carbocycles. The van der Waals surface area contributed by atoms with Crippen LogP contribution < -0.4 is 15.9 Å². The fourth-order valence-electron chi connectivity index (χ4n) is 6.36. The van der Waals surface area contributed by atoms with Crippen molar-refractivity contribution < 1.29 is 4.57 Å². The van der Waals surface area contributed by atoms with E-state index in [1.807, 2.05) is 72.9 Å². The molecule has 0 saturated carbocycles. The summed E-state index contributed by atoms with van der Waals surface area (Å²) in [6, 6.07) is 51.8. The van der Waals surface area contributed by atoms with Crippen molar-refractivity contribution in [3.63, 3.8) is 0 Å². The van der Waals surface area contributed by atoms with Crippen LogP contribution in [0.25, 0.3) is 54.3 Å². The molecule has 0 fully saturated rings. The van der Waals surface area contributed by atoms with Gasteiger partial charge in [0, 0.05) is 27.7 Å². The highest BCUT2D eigenvalue weighted by molar-refractivity contribution is 7.85. The van der Waals surface area contributed by atoms with Gasteiger partial charge >= 0.3 is 0 Å². The average Bonchev–Trinajstić information content (AvgIpc) is 3.07. The normalized spacial score (nSPS) is 11.9. The van der Waals surface area contributed by atoms with Crippen LogP contribution in [0.15, 0.2) is 158 Å². The zero-order valence-corrected chi connectivity index (χ0v) is 23.7. The smallest absolute Gasteiger partial charge is 0.172 e. The third-order valence-corrected chi connectivity index (χ3v) is 11.4. The van der Waals surface area contributed by atoms with Crippen LogP contribution in [0.1, 0.15) is 0 Å². The lowest BCUT2D eigenvalue weighted by Crippen LogP contribution is -2.25. The van der Waals surface area contributed by atoms with Crippen molar-refractivity contribution in [1.82, 2.24) is 4.98 Å². The Labute approximate surface area is 244 Å². The third kappa shape index (κ3) is 3.80. The van der Waals surface area contributed by atoms with Crippen LogP contribution in [0.2, 0.25) is 0 Å². The summed E-state index contributed by atoms with van der Waals surface area (Å²) < 4.78 is 15.0. The number of benzene rings is 7. The summed E-state index contributed by atoms with van der Waals surface area (Å²) in [6.07, 6.45) is 1.83. The largest absolute Gasteiger partial charge is 0.309 e. The molecule has 1 aromatic heterocycles. The van der Waals surface area contributed by atoms with Gasteiger partial charge in [0.25, 0.3) is 0 Å². The van der Waals surface area contributed by atoms with Gasteiger partial charge in [-0.3, -0.25) is 4.98 Å². The average molecular weight is 556 g/mol. The second kappa shape index (κ2) is 9.80. The molecule has 1 heterocycles. The van der Waals surface area contributed by atoms with E-state index >= 15 is 0 Å². The number of pyridine rings is 1. The van der Waals surface area contributed by atoms with E-state index in [-0.39, 0.29) is 0 Å². The minimum absolute atomic E-state index is 0.725. The van der Waals surface area contributed by atoms with E-state index in [1.165, 1.54) is 37.7 Å². The lowest BCUT2D eigenvalue weighted by molar-refractivity contribution is 0.592. The molecule has 8 rings (SSSR count). The molecule has 0 spiro atoms. The van der Waals surface area contributed by atoms with Crippen LogP contribution in [0.3, 0.4) is 0 Å². The molecule has 198 valence electrons. The van der Waals surface area contributed by atoms with E-state index in [0.717, 1.165) is 32.6 Å². The number of aromatic nitrogens is 1. The van der Waals surface area contributed by atoms with E-state index < -0.39 is 7.14 Å². The van der Waals surface area contributed by atoms with E-state index in [9.17, 15) is 4.57 Å². The standard InChI is InChI=1S/C39H26NOP/c41-42(30-13-3-1-4-14-30,31-15-5-2-6-16-31)32-22-24-37(40-26-32)39-35-23-21-27-11-7-9-17-33(27)36(35)25-29-20-19-28-12-8-10-18-34(28)38(29)39/h1-26H. The van der Waals surface area contributed by atoms with E-state index in [0.29, 0.717) is 0 Å². The zero-order valence-electron chi connectivity index (χ0n) is 22.8. The van der Waals surface area contributed by atoms with Gasteiger partial charge in [-0.2, -0.15) is 0 Å². The second-order valence-electron chi connectivity index (χ2n) is 10.7. The molecule has 0 aliphatic rings. The summed E-state index contributed by atoms with van der Waals surface area (Å²) >= 11 is 0. The molecule has 0 bridgehead atoms. The molecule has 7 aromatic carbocycles. The van der Waals surface area contributed by atoms with Gasteiger partial charge in [0.2, 0.25) is 0 Å². The maximum atomic E-state index is 15.0. The summed E-state index contributed by atoms with van der Waals surface area (Å²) in [5.74, 6) is 0. The monoisotopic (exact) mass is 555 g/mol. The lowest BCUT2D eigenvalue weighted by Gasteiger charge is -2.20. The highest BCUT2D eigenvalue weighted by Gasteiger charge is 2.30. The molecule has 3 heteroatoms. The van der Waals surface area contributed by atoms with Gasteiger partial charge in [-0.1, -0.05) is 133 Å². The summed E-state index contributed by atoms with van der Waals surface area (Å²) in [5, 5.41) is 11.9. The van der Waals surface area contributed by atoms with E-state index in [1.54, 1.807) is 0 Å². The van der Waals surface area contributed by atoms with Crippen molar-refractivity contribution in [3.05, 3.63) is 158 Å². The van der Waals surface area contributed by atoms with Crippen LogP contribution in [0.5, 0.6) is 0 Å². The SMILES string of the molecule is O=P(c1ccccc1)(c1ccccc1)c1ccc(-c2c3ccc4ccccc4c3cc3ccc4ccccc4c23)nc1. The maximum absolute atomic E-state index is 15.0. The van der Waals surface area contributed by atoms with Crippen LogP contribution in [0.4, 0.5) is 0 Å². The summed E-state index contributed by atoms with van der Waals surface area (Å²) in [6.45, 7) is 0. The Morgan fingerprint density at radius 2 is 1.00 bits per heavy atom. The van der Waals surface area contributed by atoms with Crippen molar-refractivity contribution in [1.29, 1.82) is 0 Å². The topological polar surface area (TPSA) is 30.0 Å². The predicted octanol–water partition coefficient (Wildman–Crippen LogP) is 9.00.